The van der Waals surface area contributed by atoms with Gasteiger partial charge in [0.15, 0.2) is 11.5 Å². The molecule has 3 aromatic carbocycles. The lowest BCUT2D eigenvalue weighted by atomic mass is 9.96. The molecule has 6 rings (SSSR count). The van der Waals surface area contributed by atoms with E-state index in [0.717, 1.165) is 33.9 Å². The highest BCUT2D eigenvalue weighted by molar-refractivity contribution is 6.02. The first kappa shape index (κ1) is 17.8. The molecule has 2 atom stereocenters. The number of ether oxygens (including phenoxy) is 3. The van der Waals surface area contributed by atoms with Crippen LogP contribution in [-0.2, 0) is 0 Å². The summed E-state index contributed by atoms with van der Waals surface area (Å²) >= 11 is 0. The van der Waals surface area contributed by atoms with Gasteiger partial charge in [-0.2, -0.15) is 5.10 Å². The monoisotopic (exact) mass is 415 g/mol. The van der Waals surface area contributed by atoms with Gasteiger partial charge in [-0.3, -0.25) is 10.1 Å². The van der Waals surface area contributed by atoms with Crippen LogP contribution in [0.2, 0.25) is 0 Å². The minimum Gasteiger partial charge on any atom is -0.464 e. The van der Waals surface area contributed by atoms with Crippen LogP contribution in [0.1, 0.15) is 35.4 Å². The van der Waals surface area contributed by atoms with Gasteiger partial charge in [0, 0.05) is 35.2 Å². The lowest BCUT2D eigenvalue weighted by molar-refractivity contribution is -0.384. The number of benzene rings is 3. The van der Waals surface area contributed by atoms with Gasteiger partial charge in [0.05, 0.1) is 16.7 Å². The van der Waals surface area contributed by atoms with E-state index >= 15 is 0 Å². The fourth-order valence-electron chi connectivity index (χ4n) is 4.27. The van der Waals surface area contributed by atoms with E-state index in [1.807, 2.05) is 41.4 Å². The molecule has 0 saturated carbocycles. The molecule has 0 spiro atoms. The number of hydrogen-bond acceptors (Lipinski definition) is 7. The molecule has 0 radical (unpaired) electrons. The Morgan fingerprint density at radius 2 is 1.77 bits per heavy atom. The summed E-state index contributed by atoms with van der Waals surface area (Å²) in [5, 5.41) is 17.9. The molecule has 3 aliphatic rings. The van der Waals surface area contributed by atoms with E-state index in [9.17, 15) is 10.1 Å². The molecule has 0 saturated heterocycles. The third-order valence-electron chi connectivity index (χ3n) is 5.79. The molecule has 31 heavy (non-hydrogen) atoms. The highest BCUT2D eigenvalue weighted by atomic mass is 16.7. The van der Waals surface area contributed by atoms with Crippen LogP contribution in [0.25, 0.3) is 0 Å². The van der Waals surface area contributed by atoms with Gasteiger partial charge in [-0.05, 0) is 36.4 Å². The van der Waals surface area contributed by atoms with Crippen molar-refractivity contribution in [2.75, 3.05) is 6.79 Å². The predicted molar refractivity (Wildman–Crippen MR) is 111 cm³/mol. The predicted octanol–water partition coefficient (Wildman–Crippen LogP) is 4.57. The molecule has 0 unspecified atom stereocenters. The van der Waals surface area contributed by atoms with Gasteiger partial charge in [0.2, 0.25) is 13.0 Å². The third-order valence-corrected chi connectivity index (χ3v) is 5.79. The van der Waals surface area contributed by atoms with E-state index < -0.39 is 11.2 Å². The number of nitro groups is 1. The van der Waals surface area contributed by atoms with Crippen molar-refractivity contribution in [3.8, 4) is 17.2 Å². The number of fused-ring (bicyclic) bond motifs is 4. The second-order valence-electron chi connectivity index (χ2n) is 7.57. The Balaban J connectivity index is 1.40. The molecule has 8 heteroatoms. The average Bonchev–Trinajstić information content (AvgIpc) is 3.45. The van der Waals surface area contributed by atoms with Crippen LogP contribution in [-0.4, -0.2) is 22.4 Å². The van der Waals surface area contributed by atoms with Gasteiger partial charge >= 0.3 is 0 Å². The summed E-state index contributed by atoms with van der Waals surface area (Å²) in [5.41, 5.74) is 3.82. The zero-order valence-corrected chi connectivity index (χ0v) is 16.3. The number of nitro benzene ring substituents is 1. The third kappa shape index (κ3) is 2.87. The highest BCUT2D eigenvalue weighted by Gasteiger charge is 2.41. The number of para-hydroxylation sites is 1. The SMILES string of the molecule is O=[N+]([O-])c1ccc([C@@H]2Oc3ccccc3[C@H]3CC(c4ccc5c(c4)OCO5)=NN32)cc1. The van der Waals surface area contributed by atoms with Crippen LogP contribution in [0.4, 0.5) is 5.69 Å². The quantitative estimate of drug-likeness (QED) is 0.460. The molecule has 0 aliphatic carbocycles. The van der Waals surface area contributed by atoms with Crippen molar-refractivity contribution in [1.82, 2.24) is 5.01 Å². The standard InChI is InChI=1S/C23H17N3O5/c27-26(28)16-8-5-14(6-9-16)23-25-19(17-3-1-2-4-20(17)31-23)12-18(24-25)15-7-10-21-22(11-15)30-13-29-21/h1-11,19,23H,12-13H2/t19-,23+/m1/s1. The summed E-state index contributed by atoms with van der Waals surface area (Å²) in [6, 6.07) is 20.2. The summed E-state index contributed by atoms with van der Waals surface area (Å²) in [5.74, 6) is 2.25. The van der Waals surface area contributed by atoms with Gasteiger partial charge in [-0.25, -0.2) is 5.01 Å². The maximum atomic E-state index is 11.0. The molecule has 0 N–H and O–H groups in total. The number of non-ortho nitro benzene ring substituents is 1. The molecular formula is C23H17N3O5. The normalized spacial score (nSPS) is 20.5. The first-order chi connectivity index (χ1) is 15.2. The van der Waals surface area contributed by atoms with Crippen LogP contribution >= 0.6 is 0 Å². The molecule has 0 fully saturated rings. The van der Waals surface area contributed by atoms with Crippen molar-refractivity contribution >= 4 is 11.4 Å². The van der Waals surface area contributed by atoms with Crippen LogP contribution < -0.4 is 14.2 Å². The van der Waals surface area contributed by atoms with Crippen LogP contribution in [0.5, 0.6) is 17.2 Å². The number of nitrogens with zero attached hydrogens (tertiary/aromatic N) is 3. The molecule has 3 heterocycles. The van der Waals surface area contributed by atoms with Crippen LogP contribution in [0.15, 0.2) is 71.8 Å². The van der Waals surface area contributed by atoms with E-state index in [4.69, 9.17) is 19.3 Å². The fraction of sp³-hybridized carbons (Fsp3) is 0.174. The second kappa shape index (κ2) is 6.73. The van der Waals surface area contributed by atoms with Crippen molar-refractivity contribution in [3.05, 3.63) is 93.5 Å². The van der Waals surface area contributed by atoms with E-state index in [1.54, 1.807) is 12.1 Å². The van der Waals surface area contributed by atoms with Crippen molar-refractivity contribution in [2.24, 2.45) is 5.10 Å². The maximum absolute atomic E-state index is 11.0. The lowest BCUT2D eigenvalue weighted by Crippen LogP contribution is -2.33. The lowest BCUT2D eigenvalue weighted by Gasteiger charge is -2.38. The molecule has 0 bridgehead atoms. The fourth-order valence-corrected chi connectivity index (χ4v) is 4.27. The van der Waals surface area contributed by atoms with Crippen molar-refractivity contribution in [3.63, 3.8) is 0 Å². The summed E-state index contributed by atoms with van der Waals surface area (Å²) in [7, 11) is 0. The Kier molecular flexibility index (Phi) is 3.86. The van der Waals surface area contributed by atoms with Gasteiger partial charge in [0.25, 0.3) is 5.69 Å². The second-order valence-corrected chi connectivity index (χ2v) is 7.57. The zero-order chi connectivity index (χ0) is 20.9. The summed E-state index contributed by atoms with van der Waals surface area (Å²) in [6.45, 7) is 0.226. The number of rotatable bonds is 3. The average molecular weight is 415 g/mol. The molecule has 8 nitrogen and oxygen atoms in total. The Morgan fingerprint density at radius 3 is 2.61 bits per heavy atom. The molecular weight excluding hydrogens is 398 g/mol. The van der Waals surface area contributed by atoms with Gasteiger partial charge in [-0.1, -0.05) is 18.2 Å². The molecule has 0 aromatic heterocycles. The van der Waals surface area contributed by atoms with Crippen molar-refractivity contribution in [2.45, 2.75) is 18.7 Å². The van der Waals surface area contributed by atoms with Crippen molar-refractivity contribution in [1.29, 1.82) is 0 Å². The molecule has 154 valence electrons. The van der Waals surface area contributed by atoms with Gasteiger partial charge in [-0.15, -0.1) is 0 Å². The van der Waals surface area contributed by atoms with E-state index in [-0.39, 0.29) is 18.5 Å². The Morgan fingerprint density at radius 1 is 0.968 bits per heavy atom. The van der Waals surface area contributed by atoms with E-state index in [0.29, 0.717) is 12.2 Å². The molecule has 3 aromatic rings. The van der Waals surface area contributed by atoms with E-state index in [2.05, 4.69) is 6.07 Å². The Bertz CT molecular complexity index is 1220. The Labute approximate surface area is 177 Å². The first-order valence-corrected chi connectivity index (χ1v) is 9.93. The first-order valence-electron chi connectivity index (χ1n) is 9.93. The Hall–Kier alpha value is -4.07. The zero-order valence-electron chi connectivity index (χ0n) is 16.3. The van der Waals surface area contributed by atoms with Gasteiger partial charge in [0.1, 0.15) is 5.75 Å². The largest absolute Gasteiger partial charge is 0.464 e. The minimum absolute atomic E-state index is 0.00515. The summed E-state index contributed by atoms with van der Waals surface area (Å²) in [4.78, 5) is 10.6. The maximum Gasteiger partial charge on any atom is 0.269 e. The molecule has 0 amide bonds. The number of hydrogen-bond donors (Lipinski definition) is 0. The molecule has 3 aliphatic heterocycles. The summed E-state index contributed by atoms with van der Waals surface area (Å²) in [6.07, 6.45) is 0.232. The smallest absolute Gasteiger partial charge is 0.269 e. The van der Waals surface area contributed by atoms with Crippen LogP contribution in [0, 0.1) is 10.1 Å². The highest BCUT2D eigenvalue weighted by Crippen LogP contribution is 2.48. The van der Waals surface area contributed by atoms with Gasteiger partial charge < -0.3 is 14.2 Å². The van der Waals surface area contributed by atoms with Crippen LogP contribution in [0.3, 0.4) is 0 Å². The summed E-state index contributed by atoms with van der Waals surface area (Å²) < 4.78 is 17.2. The van der Waals surface area contributed by atoms with Crippen molar-refractivity contribution < 1.29 is 19.1 Å². The minimum atomic E-state index is -0.479. The number of hydrazone groups is 1. The van der Waals surface area contributed by atoms with E-state index in [1.165, 1.54) is 12.1 Å². The topological polar surface area (TPSA) is 86.4 Å².